The summed E-state index contributed by atoms with van der Waals surface area (Å²) in [5.41, 5.74) is 2.97. The van der Waals surface area contributed by atoms with Gasteiger partial charge in [-0.3, -0.25) is 14.9 Å². The Labute approximate surface area is 209 Å². The third-order valence-electron chi connectivity index (χ3n) is 4.93. The Hall–Kier alpha value is -2.55. The SMILES string of the molecule is O=C1NC(=O)N(c2ccc(Br)cc2)C(=O)/C1=C/c1cc(Br)ccc1Cc1ccccc1Br. The summed E-state index contributed by atoms with van der Waals surface area (Å²) in [7, 11) is 0. The van der Waals surface area contributed by atoms with Gasteiger partial charge in [0.15, 0.2) is 0 Å². The van der Waals surface area contributed by atoms with Crippen LogP contribution in [0, 0.1) is 0 Å². The topological polar surface area (TPSA) is 66.5 Å². The molecule has 0 aromatic heterocycles. The minimum atomic E-state index is -0.776. The third-order valence-corrected chi connectivity index (χ3v) is 6.73. The van der Waals surface area contributed by atoms with Crippen molar-refractivity contribution in [2.75, 3.05) is 4.90 Å². The summed E-state index contributed by atoms with van der Waals surface area (Å²) in [4.78, 5) is 39.2. The molecule has 4 rings (SSSR count). The lowest BCUT2D eigenvalue weighted by Crippen LogP contribution is -2.54. The first-order valence-electron chi connectivity index (χ1n) is 9.52. The van der Waals surface area contributed by atoms with E-state index in [1.165, 1.54) is 6.08 Å². The van der Waals surface area contributed by atoms with Crippen molar-refractivity contribution in [1.82, 2.24) is 5.32 Å². The molecule has 1 aliphatic heterocycles. The van der Waals surface area contributed by atoms with Crippen LogP contribution in [0.4, 0.5) is 10.5 Å². The number of barbiturate groups is 1. The Kier molecular flexibility index (Phi) is 6.74. The van der Waals surface area contributed by atoms with Gasteiger partial charge in [-0.25, -0.2) is 9.69 Å². The minimum absolute atomic E-state index is 0.112. The fraction of sp³-hybridized carbons (Fsp3) is 0.0417. The van der Waals surface area contributed by atoms with Crippen molar-refractivity contribution in [3.8, 4) is 0 Å². The van der Waals surface area contributed by atoms with Crippen LogP contribution in [0.1, 0.15) is 16.7 Å². The maximum atomic E-state index is 13.2. The number of carbonyl (C=O) groups excluding carboxylic acids is 3. The molecule has 32 heavy (non-hydrogen) atoms. The number of carbonyl (C=O) groups is 3. The molecule has 0 bridgehead atoms. The maximum absolute atomic E-state index is 13.2. The van der Waals surface area contributed by atoms with Crippen molar-refractivity contribution in [3.63, 3.8) is 0 Å². The molecule has 1 fully saturated rings. The molecular formula is C24H15Br3N2O3. The van der Waals surface area contributed by atoms with E-state index in [1.54, 1.807) is 24.3 Å². The molecule has 0 spiro atoms. The normalized spacial score (nSPS) is 15.3. The molecule has 0 saturated carbocycles. The van der Waals surface area contributed by atoms with Gasteiger partial charge in [0.2, 0.25) is 0 Å². The Bertz CT molecular complexity index is 1270. The lowest BCUT2D eigenvalue weighted by Gasteiger charge is -2.26. The Morgan fingerprint density at radius 3 is 2.22 bits per heavy atom. The van der Waals surface area contributed by atoms with Crippen molar-refractivity contribution < 1.29 is 14.4 Å². The summed E-state index contributed by atoms with van der Waals surface area (Å²) in [6, 6.07) is 19.5. The van der Waals surface area contributed by atoms with Gasteiger partial charge in [-0.15, -0.1) is 0 Å². The van der Waals surface area contributed by atoms with Crippen LogP contribution >= 0.6 is 47.8 Å². The Morgan fingerprint density at radius 2 is 1.50 bits per heavy atom. The molecule has 1 heterocycles. The summed E-state index contributed by atoms with van der Waals surface area (Å²) >= 11 is 10.4. The molecule has 0 atom stereocenters. The summed E-state index contributed by atoms with van der Waals surface area (Å²) in [5, 5.41) is 2.26. The standard InChI is InChI=1S/C24H15Br3N2O3/c25-17-7-9-19(10-8-17)29-23(31)20(22(30)28-24(29)32)13-16-12-18(26)6-5-14(16)11-15-3-1-2-4-21(15)27/h1-10,12-13H,11H2,(H,28,30,32)/b20-13+. The van der Waals surface area contributed by atoms with E-state index in [1.807, 2.05) is 42.5 Å². The molecule has 160 valence electrons. The summed E-state index contributed by atoms with van der Waals surface area (Å²) in [6.45, 7) is 0. The minimum Gasteiger partial charge on any atom is -0.273 e. The van der Waals surface area contributed by atoms with Gasteiger partial charge in [-0.1, -0.05) is 72.1 Å². The Balaban J connectivity index is 1.75. The van der Waals surface area contributed by atoms with Crippen LogP contribution in [0.15, 0.2) is 85.7 Å². The molecule has 8 heteroatoms. The zero-order valence-corrected chi connectivity index (χ0v) is 21.2. The van der Waals surface area contributed by atoms with Crippen LogP contribution in [0.3, 0.4) is 0 Å². The number of urea groups is 1. The number of halogens is 3. The molecule has 3 aromatic rings. The van der Waals surface area contributed by atoms with Crippen molar-refractivity contribution in [1.29, 1.82) is 0 Å². The molecule has 1 N–H and O–H groups in total. The van der Waals surface area contributed by atoms with Crippen LogP contribution in [-0.2, 0) is 16.0 Å². The molecule has 3 aromatic carbocycles. The number of nitrogens with one attached hydrogen (secondary N) is 1. The number of amides is 4. The average Bonchev–Trinajstić information content (AvgIpc) is 2.75. The summed E-state index contributed by atoms with van der Waals surface area (Å²) in [5.74, 6) is -1.40. The van der Waals surface area contributed by atoms with Gasteiger partial charge in [-0.05, 0) is 71.7 Å². The largest absolute Gasteiger partial charge is 0.335 e. The van der Waals surface area contributed by atoms with Crippen LogP contribution in [-0.4, -0.2) is 17.8 Å². The second-order valence-corrected chi connectivity index (χ2v) is 9.73. The number of rotatable bonds is 4. The second kappa shape index (κ2) is 9.52. The van der Waals surface area contributed by atoms with Gasteiger partial charge >= 0.3 is 6.03 Å². The average molecular weight is 619 g/mol. The van der Waals surface area contributed by atoms with E-state index in [4.69, 9.17) is 0 Å². The lowest BCUT2D eigenvalue weighted by molar-refractivity contribution is -0.122. The monoisotopic (exact) mass is 616 g/mol. The van der Waals surface area contributed by atoms with Crippen molar-refractivity contribution in [3.05, 3.63) is 102 Å². The molecule has 5 nitrogen and oxygen atoms in total. The highest BCUT2D eigenvalue weighted by Gasteiger charge is 2.36. The number of benzene rings is 3. The van der Waals surface area contributed by atoms with Crippen LogP contribution < -0.4 is 10.2 Å². The highest BCUT2D eigenvalue weighted by atomic mass is 79.9. The van der Waals surface area contributed by atoms with Crippen LogP contribution in [0.2, 0.25) is 0 Å². The molecule has 0 radical (unpaired) electrons. The van der Waals surface area contributed by atoms with Crippen LogP contribution in [0.5, 0.6) is 0 Å². The zero-order chi connectivity index (χ0) is 22.8. The first kappa shape index (κ1) is 22.6. The molecule has 1 aliphatic rings. The van der Waals surface area contributed by atoms with E-state index in [-0.39, 0.29) is 5.57 Å². The van der Waals surface area contributed by atoms with E-state index in [2.05, 4.69) is 53.1 Å². The lowest BCUT2D eigenvalue weighted by atomic mass is 9.97. The van der Waals surface area contributed by atoms with E-state index < -0.39 is 17.8 Å². The fourth-order valence-corrected chi connectivity index (χ4v) is 4.41. The first-order chi connectivity index (χ1) is 15.3. The van der Waals surface area contributed by atoms with Gasteiger partial charge in [0.05, 0.1) is 5.69 Å². The molecule has 4 amide bonds. The van der Waals surface area contributed by atoms with E-state index in [9.17, 15) is 14.4 Å². The van der Waals surface area contributed by atoms with Crippen molar-refractivity contribution in [2.45, 2.75) is 6.42 Å². The number of anilines is 1. The van der Waals surface area contributed by atoms with Gasteiger partial charge in [0.25, 0.3) is 11.8 Å². The second-order valence-electron chi connectivity index (χ2n) is 7.05. The molecule has 0 aliphatic carbocycles. The predicted octanol–water partition coefficient (Wildman–Crippen LogP) is 6.23. The number of imide groups is 2. The first-order valence-corrected chi connectivity index (χ1v) is 11.9. The summed E-state index contributed by atoms with van der Waals surface area (Å²) in [6.07, 6.45) is 2.13. The Morgan fingerprint density at radius 1 is 0.812 bits per heavy atom. The van der Waals surface area contributed by atoms with Gasteiger partial charge in [0, 0.05) is 13.4 Å². The smallest absolute Gasteiger partial charge is 0.273 e. The molecular weight excluding hydrogens is 604 g/mol. The van der Waals surface area contributed by atoms with Crippen LogP contribution in [0.25, 0.3) is 6.08 Å². The third kappa shape index (κ3) is 4.77. The maximum Gasteiger partial charge on any atom is 0.335 e. The van der Waals surface area contributed by atoms with E-state index in [0.717, 1.165) is 29.4 Å². The fourth-order valence-electron chi connectivity index (χ4n) is 3.35. The van der Waals surface area contributed by atoms with E-state index in [0.29, 0.717) is 17.7 Å². The zero-order valence-electron chi connectivity index (χ0n) is 16.4. The van der Waals surface area contributed by atoms with E-state index >= 15 is 0 Å². The highest BCUT2D eigenvalue weighted by Crippen LogP contribution is 2.28. The van der Waals surface area contributed by atoms with Gasteiger partial charge < -0.3 is 0 Å². The summed E-state index contributed by atoms with van der Waals surface area (Å²) < 4.78 is 2.59. The number of hydrogen-bond donors (Lipinski definition) is 1. The number of nitrogens with zero attached hydrogens (tertiary/aromatic N) is 1. The quantitative estimate of drug-likeness (QED) is 0.278. The predicted molar refractivity (Wildman–Crippen MR) is 134 cm³/mol. The van der Waals surface area contributed by atoms with Gasteiger partial charge in [-0.2, -0.15) is 0 Å². The molecule has 0 unspecified atom stereocenters. The molecule has 1 saturated heterocycles. The number of hydrogen-bond acceptors (Lipinski definition) is 3. The van der Waals surface area contributed by atoms with Crippen molar-refractivity contribution in [2.24, 2.45) is 0 Å². The van der Waals surface area contributed by atoms with Gasteiger partial charge in [0.1, 0.15) is 5.57 Å². The highest BCUT2D eigenvalue weighted by molar-refractivity contribution is 9.11. The van der Waals surface area contributed by atoms with Crippen molar-refractivity contribution >= 4 is 77.4 Å².